The Bertz CT molecular complexity index is 364. The van der Waals surface area contributed by atoms with Crippen LogP contribution < -0.4 is 5.32 Å². The van der Waals surface area contributed by atoms with Crippen LogP contribution in [0.5, 0.6) is 0 Å². The van der Waals surface area contributed by atoms with E-state index in [2.05, 4.69) is 5.32 Å². The van der Waals surface area contributed by atoms with Gasteiger partial charge >= 0.3 is 0 Å². The summed E-state index contributed by atoms with van der Waals surface area (Å²) < 4.78 is 5.23. The van der Waals surface area contributed by atoms with Crippen LogP contribution in [0.2, 0.25) is 0 Å². The summed E-state index contributed by atoms with van der Waals surface area (Å²) >= 11 is 4.71. The SMILES string of the molecule is S=POC1=Cc2ccccc2NC1. The second-order valence-electron chi connectivity index (χ2n) is 2.72. The van der Waals surface area contributed by atoms with Crippen LogP contribution in [0.25, 0.3) is 6.08 Å². The van der Waals surface area contributed by atoms with Crippen LogP contribution in [0.4, 0.5) is 5.69 Å². The molecule has 1 N–H and O–H groups in total. The number of hydrogen-bond donors (Lipinski definition) is 1. The summed E-state index contributed by atoms with van der Waals surface area (Å²) in [4.78, 5) is 0. The zero-order chi connectivity index (χ0) is 9.10. The van der Waals surface area contributed by atoms with E-state index in [0.29, 0.717) is 7.58 Å². The average molecular weight is 209 g/mol. The van der Waals surface area contributed by atoms with E-state index in [9.17, 15) is 0 Å². The molecule has 2 nitrogen and oxygen atoms in total. The van der Waals surface area contributed by atoms with Gasteiger partial charge in [0.05, 0.1) is 6.54 Å². The number of hydrogen-bond acceptors (Lipinski definition) is 3. The van der Waals surface area contributed by atoms with E-state index in [0.717, 1.165) is 23.6 Å². The molecule has 0 radical (unpaired) electrons. The van der Waals surface area contributed by atoms with E-state index in [-0.39, 0.29) is 0 Å². The highest BCUT2D eigenvalue weighted by Gasteiger charge is 2.08. The van der Waals surface area contributed by atoms with Gasteiger partial charge in [0.15, 0.2) is 0 Å². The summed E-state index contributed by atoms with van der Waals surface area (Å²) in [5.74, 6) is 0.898. The molecule has 0 spiro atoms. The Kier molecular flexibility index (Phi) is 2.57. The maximum absolute atomic E-state index is 5.23. The van der Waals surface area contributed by atoms with Gasteiger partial charge in [-0.1, -0.05) is 18.2 Å². The van der Waals surface area contributed by atoms with Gasteiger partial charge in [0.25, 0.3) is 0 Å². The fourth-order valence-electron chi connectivity index (χ4n) is 1.30. The molecule has 0 saturated heterocycles. The third-order valence-corrected chi connectivity index (χ3v) is 2.42. The molecule has 0 aliphatic carbocycles. The quantitative estimate of drug-likeness (QED) is 0.757. The highest BCUT2D eigenvalue weighted by molar-refractivity contribution is 7.94. The van der Waals surface area contributed by atoms with Gasteiger partial charge in [0.1, 0.15) is 5.76 Å². The van der Waals surface area contributed by atoms with Gasteiger partial charge in [-0.25, -0.2) is 0 Å². The van der Waals surface area contributed by atoms with Gasteiger partial charge in [-0.3, -0.25) is 0 Å². The van der Waals surface area contributed by atoms with Crippen LogP contribution in [-0.4, -0.2) is 6.54 Å². The molecule has 1 aliphatic rings. The Morgan fingerprint density at radius 2 is 2.23 bits per heavy atom. The molecule has 13 heavy (non-hydrogen) atoms. The van der Waals surface area contributed by atoms with E-state index in [1.807, 2.05) is 30.3 Å². The smallest absolute Gasteiger partial charge is 0.204 e. The van der Waals surface area contributed by atoms with Crippen molar-refractivity contribution in [2.45, 2.75) is 0 Å². The van der Waals surface area contributed by atoms with Crippen LogP contribution in [0.15, 0.2) is 30.0 Å². The van der Waals surface area contributed by atoms with Crippen LogP contribution in [0.3, 0.4) is 0 Å². The zero-order valence-corrected chi connectivity index (χ0v) is 8.57. The maximum atomic E-state index is 5.23. The molecule has 66 valence electrons. The molecule has 0 fully saturated rings. The van der Waals surface area contributed by atoms with Crippen molar-refractivity contribution < 1.29 is 4.52 Å². The number of para-hydroxylation sites is 1. The number of anilines is 1. The molecule has 1 aromatic rings. The monoisotopic (exact) mass is 209 g/mol. The van der Waals surface area contributed by atoms with Crippen molar-refractivity contribution in [1.82, 2.24) is 0 Å². The third-order valence-electron chi connectivity index (χ3n) is 1.88. The standard InChI is InChI=1S/C9H8NOPS/c13-12-11-8-5-7-3-1-2-4-9(7)10-6-8/h1-5,10H,6H2. The first kappa shape index (κ1) is 8.67. The predicted molar refractivity (Wildman–Crippen MR) is 58.3 cm³/mol. The lowest BCUT2D eigenvalue weighted by Crippen LogP contribution is -2.10. The zero-order valence-electron chi connectivity index (χ0n) is 6.86. The summed E-state index contributed by atoms with van der Waals surface area (Å²) in [7, 11) is 0.529. The summed E-state index contributed by atoms with van der Waals surface area (Å²) in [6.45, 7) is 0.723. The van der Waals surface area contributed by atoms with Gasteiger partial charge in [-0.2, -0.15) is 0 Å². The minimum Gasteiger partial charge on any atom is -0.431 e. The fraction of sp³-hybridized carbons (Fsp3) is 0.111. The first-order valence-electron chi connectivity index (χ1n) is 3.93. The van der Waals surface area contributed by atoms with Gasteiger partial charge < -0.3 is 9.84 Å². The second kappa shape index (κ2) is 3.86. The van der Waals surface area contributed by atoms with Crippen molar-refractivity contribution in [1.29, 1.82) is 0 Å². The Balaban J connectivity index is 2.32. The van der Waals surface area contributed by atoms with Crippen molar-refractivity contribution in [2.75, 3.05) is 11.9 Å². The number of nitrogens with one attached hydrogen (secondary N) is 1. The molecule has 1 heterocycles. The van der Waals surface area contributed by atoms with Crippen molar-refractivity contribution >= 4 is 31.2 Å². The van der Waals surface area contributed by atoms with Crippen LogP contribution in [0.1, 0.15) is 5.56 Å². The van der Waals surface area contributed by atoms with E-state index in [1.54, 1.807) is 0 Å². The molecule has 2 rings (SSSR count). The van der Waals surface area contributed by atoms with Gasteiger partial charge in [0, 0.05) is 11.3 Å². The summed E-state index contributed by atoms with van der Waals surface area (Å²) in [6.07, 6.45) is 2.02. The van der Waals surface area contributed by atoms with E-state index in [4.69, 9.17) is 16.3 Å². The normalized spacial score (nSPS) is 14.3. The lowest BCUT2D eigenvalue weighted by atomic mass is 10.1. The molecular formula is C9H8NOPS. The predicted octanol–water partition coefficient (Wildman–Crippen LogP) is 2.79. The first-order valence-corrected chi connectivity index (χ1v) is 5.76. The lowest BCUT2D eigenvalue weighted by molar-refractivity contribution is 0.495. The average Bonchev–Trinajstić information content (AvgIpc) is 2.18. The molecule has 0 unspecified atom stereocenters. The van der Waals surface area contributed by atoms with E-state index >= 15 is 0 Å². The van der Waals surface area contributed by atoms with Crippen molar-refractivity contribution in [2.24, 2.45) is 0 Å². The van der Waals surface area contributed by atoms with Gasteiger partial charge in [-0.05, 0) is 23.9 Å². The second-order valence-corrected chi connectivity index (χ2v) is 3.50. The fourth-order valence-corrected chi connectivity index (χ4v) is 1.80. The summed E-state index contributed by atoms with van der Waals surface area (Å²) in [5, 5.41) is 3.25. The molecule has 0 saturated carbocycles. The Morgan fingerprint density at radius 1 is 1.38 bits per heavy atom. The summed E-state index contributed by atoms with van der Waals surface area (Å²) in [6, 6.07) is 8.11. The van der Waals surface area contributed by atoms with Crippen LogP contribution >= 0.6 is 7.58 Å². The highest BCUT2D eigenvalue weighted by Crippen LogP contribution is 2.24. The Labute approximate surface area is 83.5 Å². The van der Waals surface area contributed by atoms with Crippen molar-refractivity contribution in [3.8, 4) is 0 Å². The lowest BCUT2D eigenvalue weighted by Gasteiger charge is -2.16. The Hall–Kier alpha value is -0.920. The van der Waals surface area contributed by atoms with Crippen molar-refractivity contribution in [3.05, 3.63) is 35.6 Å². The molecular weight excluding hydrogens is 201 g/mol. The number of rotatable bonds is 2. The number of benzene rings is 1. The van der Waals surface area contributed by atoms with Crippen LogP contribution in [-0.2, 0) is 16.3 Å². The molecule has 0 bridgehead atoms. The molecule has 1 aromatic carbocycles. The molecule has 1 aliphatic heterocycles. The van der Waals surface area contributed by atoms with E-state index < -0.39 is 0 Å². The van der Waals surface area contributed by atoms with E-state index in [1.165, 1.54) is 0 Å². The summed E-state index contributed by atoms with van der Waals surface area (Å²) in [5.41, 5.74) is 2.30. The van der Waals surface area contributed by atoms with Gasteiger partial charge in [0.2, 0.25) is 7.58 Å². The first-order chi connectivity index (χ1) is 6.40. The highest BCUT2D eigenvalue weighted by atomic mass is 32.4. The van der Waals surface area contributed by atoms with Gasteiger partial charge in [-0.15, -0.1) is 0 Å². The maximum Gasteiger partial charge on any atom is 0.204 e. The molecule has 0 amide bonds. The van der Waals surface area contributed by atoms with Crippen molar-refractivity contribution in [3.63, 3.8) is 0 Å². The Morgan fingerprint density at radius 3 is 3.08 bits per heavy atom. The largest absolute Gasteiger partial charge is 0.431 e. The molecule has 4 heteroatoms. The van der Waals surface area contributed by atoms with Crippen LogP contribution in [0, 0.1) is 0 Å². The third kappa shape index (κ3) is 1.87. The number of fused-ring (bicyclic) bond motifs is 1. The molecule has 0 aromatic heterocycles. The molecule has 0 atom stereocenters. The topological polar surface area (TPSA) is 21.3 Å². The minimum absolute atomic E-state index is 0.529. The minimum atomic E-state index is 0.529.